The van der Waals surface area contributed by atoms with Crippen LogP contribution in [-0.2, 0) is 11.3 Å². The molecule has 1 N–H and O–H groups in total. The van der Waals surface area contributed by atoms with Crippen LogP contribution < -0.4 is 0 Å². The summed E-state index contributed by atoms with van der Waals surface area (Å²) in [4.78, 5) is 14.6. The molecule has 0 amide bonds. The molecular formula is C11H15NO3. The van der Waals surface area contributed by atoms with Gasteiger partial charge >= 0.3 is 5.97 Å². The highest BCUT2D eigenvalue weighted by molar-refractivity contribution is 5.86. The van der Waals surface area contributed by atoms with Gasteiger partial charge in [-0.2, -0.15) is 0 Å². The van der Waals surface area contributed by atoms with E-state index in [1.165, 1.54) is 6.20 Å². The van der Waals surface area contributed by atoms with Crippen LogP contribution in [0.25, 0.3) is 0 Å². The number of aromatic carboxylic acids is 1. The van der Waals surface area contributed by atoms with Crippen LogP contribution in [0.1, 0.15) is 35.8 Å². The van der Waals surface area contributed by atoms with Gasteiger partial charge in [0, 0.05) is 18.4 Å². The van der Waals surface area contributed by atoms with Crippen LogP contribution in [0.3, 0.4) is 0 Å². The maximum atomic E-state index is 10.8. The van der Waals surface area contributed by atoms with E-state index in [0.717, 1.165) is 12.8 Å². The van der Waals surface area contributed by atoms with Crippen molar-refractivity contribution in [3.05, 3.63) is 29.6 Å². The maximum absolute atomic E-state index is 10.8. The van der Waals surface area contributed by atoms with Crippen LogP contribution in [0.2, 0.25) is 0 Å². The molecule has 0 aliphatic heterocycles. The molecule has 0 fully saturated rings. The fourth-order valence-corrected chi connectivity index (χ4v) is 1.18. The lowest BCUT2D eigenvalue weighted by Crippen LogP contribution is -2.07. The molecule has 4 heteroatoms. The molecule has 0 unspecified atom stereocenters. The SMILES string of the molecule is CCCCOCc1cccnc1C(=O)O. The molecule has 15 heavy (non-hydrogen) atoms. The largest absolute Gasteiger partial charge is 0.477 e. The lowest BCUT2D eigenvalue weighted by molar-refractivity contribution is 0.0679. The fourth-order valence-electron chi connectivity index (χ4n) is 1.18. The Morgan fingerprint density at radius 2 is 2.40 bits per heavy atom. The van der Waals surface area contributed by atoms with Gasteiger partial charge in [-0.05, 0) is 12.5 Å². The van der Waals surface area contributed by atoms with Gasteiger partial charge in [0.2, 0.25) is 0 Å². The quantitative estimate of drug-likeness (QED) is 0.729. The summed E-state index contributed by atoms with van der Waals surface area (Å²) in [5.74, 6) is -1.01. The molecule has 0 aromatic carbocycles. The average Bonchev–Trinajstić information content (AvgIpc) is 2.25. The van der Waals surface area contributed by atoms with E-state index in [2.05, 4.69) is 11.9 Å². The minimum atomic E-state index is -1.01. The van der Waals surface area contributed by atoms with E-state index in [9.17, 15) is 4.79 Å². The number of ether oxygens (including phenoxy) is 1. The van der Waals surface area contributed by atoms with Crippen molar-refractivity contribution in [3.63, 3.8) is 0 Å². The number of nitrogens with zero attached hydrogens (tertiary/aromatic N) is 1. The van der Waals surface area contributed by atoms with E-state index in [1.54, 1.807) is 12.1 Å². The molecule has 0 saturated heterocycles. The number of carboxylic acid groups (broad SMARTS) is 1. The predicted octanol–water partition coefficient (Wildman–Crippen LogP) is 2.10. The number of carbonyl (C=O) groups is 1. The molecule has 0 aliphatic rings. The molecule has 4 nitrogen and oxygen atoms in total. The summed E-state index contributed by atoms with van der Waals surface area (Å²) < 4.78 is 5.35. The molecule has 0 spiro atoms. The molecule has 1 aromatic rings. The number of hydrogen-bond donors (Lipinski definition) is 1. The zero-order valence-electron chi connectivity index (χ0n) is 8.77. The first kappa shape index (κ1) is 11.7. The van der Waals surface area contributed by atoms with E-state index in [0.29, 0.717) is 18.8 Å². The maximum Gasteiger partial charge on any atom is 0.354 e. The molecule has 1 heterocycles. The number of pyridine rings is 1. The molecule has 0 atom stereocenters. The van der Waals surface area contributed by atoms with Crippen LogP contribution in [0.4, 0.5) is 0 Å². The third kappa shape index (κ3) is 3.67. The Labute approximate surface area is 88.9 Å². The summed E-state index contributed by atoms with van der Waals surface area (Å²) in [7, 11) is 0. The number of rotatable bonds is 6. The van der Waals surface area contributed by atoms with E-state index in [4.69, 9.17) is 9.84 Å². The van der Waals surface area contributed by atoms with Gasteiger partial charge in [-0.15, -0.1) is 0 Å². The molecule has 82 valence electrons. The van der Waals surface area contributed by atoms with Crippen LogP contribution in [0, 0.1) is 0 Å². The van der Waals surface area contributed by atoms with E-state index in [-0.39, 0.29) is 5.69 Å². The molecule has 1 rings (SSSR count). The van der Waals surface area contributed by atoms with Crippen LogP contribution in [0.5, 0.6) is 0 Å². The second-order valence-electron chi connectivity index (χ2n) is 3.22. The first-order valence-corrected chi connectivity index (χ1v) is 5.00. The van der Waals surface area contributed by atoms with Crippen molar-refractivity contribution < 1.29 is 14.6 Å². The van der Waals surface area contributed by atoms with Crippen LogP contribution >= 0.6 is 0 Å². The normalized spacial score (nSPS) is 10.2. The first-order chi connectivity index (χ1) is 7.25. The summed E-state index contributed by atoms with van der Waals surface area (Å²) in [6.07, 6.45) is 3.53. The lowest BCUT2D eigenvalue weighted by atomic mass is 10.2. The Morgan fingerprint density at radius 1 is 1.60 bits per heavy atom. The topological polar surface area (TPSA) is 59.4 Å². The van der Waals surface area contributed by atoms with Crippen LogP contribution in [0.15, 0.2) is 18.3 Å². The molecule has 0 aliphatic carbocycles. The molecule has 1 aromatic heterocycles. The van der Waals surface area contributed by atoms with E-state index in [1.807, 2.05) is 0 Å². The zero-order chi connectivity index (χ0) is 11.1. The zero-order valence-corrected chi connectivity index (χ0v) is 8.77. The van der Waals surface area contributed by atoms with Crippen molar-refractivity contribution >= 4 is 5.97 Å². The third-order valence-corrected chi connectivity index (χ3v) is 1.99. The van der Waals surface area contributed by atoms with Gasteiger partial charge in [-0.3, -0.25) is 0 Å². The number of hydrogen-bond acceptors (Lipinski definition) is 3. The Balaban J connectivity index is 2.56. The second-order valence-corrected chi connectivity index (χ2v) is 3.22. The van der Waals surface area contributed by atoms with Crippen LogP contribution in [-0.4, -0.2) is 22.7 Å². The number of carboxylic acids is 1. The van der Waals surface area contributed by atoms with Crippen molar-refractivity contribution in [1.29, 1.82) is 0 Å². The molecular weight excluding hydrogens is 194 g/mol. The molecule has 0 saturated carbocycles. The van der Waals surface area contributed by atoms with Crippen molar-refractivity contribution in [2.75, 3.05) is 6.61 Å². The van der Waals surface area contributed by atoms with Crippen molar-refractivity contribution in [3.8, 4) is 0 Å². The Morgan fingerprint density at radius 3 is 3.07 bits per heavy atom. The fraction of sp³-hybridized carbons (Fsp3) is 0.455. The van der Waals surface area contributed by atoms with Crippen molar-refractivity contribution in [2.45, 2.75) is 26.4 Å². The molecule has 0 radical (unpaired) electrons. The Bertz CT molecular complexity index is 325. The highest BCUT2D eigenvalue weighted by Gasteiger charge is 2.10. The highest BCUT2D eigenvalue weighted by atomic mass is 16.5. The summed E-state index contributed by atoms with van der Waals surface area (Å²) in [6, 6.07) is 3.44. The minimum absolute atomic E-state index is 0.0778. The predicted molar refractivity (Wildman–Crippen MR) is 55.8 cm³/mol. The van der Waals surface area contributed by atoms with E-state index >= 15 is 0 Å². The van der Waals surface area contributed by atoms with E-state index < -0.39 is 5.97 Å². The summed E-state index contributed by atoms with van der Waals surface area (Å²) in [5, 5.41) is 8.85. The van der Waals surface area contributed by atoms with Gasteiger partial charge < -0.3 is 9.84 Å². The Hall–Kier alpha value is -1.42. The smallest absolute Gasteiger partial charge is 0.354 e. The summed E-state index contributed by atoms with van der Waals surface area (Å²) >= 11 is 0. The van der Waals surface area contributed by atoms with Gasteiger partial charge in [0.25, 0.3) is 0 Å². The number of aromatic nitrogens is 1. The average molecular weight is 209 g/mol. The Kier molecular flexibility index (Phi) is 4.77. The van der Waals surface area contributed by atoms with Gasteiger partial charge in [-0.1, -0.05) is 19.4 Å². The van der Waals surface area contributed by atoms with Crippen molar-refractivity contribution in [1.82, 2.24) is 4.98 Å². The van der Waals surface area contributed by atoms with Gasteiger partial charge in [-0.25, -0.2) is 9.78 Å². The minimum Gasteiger partial charge on any atom is -0.477 e. The lowest BCUT2D eigenvalue weighted by Gasteiger charge is -2.05. The van der Waals surface area contributed by atoms with Crippen molar-refractivity contribution in [2.24, 2.45) is 0 Å². The number of unbranched alkanes of at least 4 members (excludes halogenated alkanes) is 1. The standard InChI is InChI=1S/C11H15NO3/c1-2-3-7-15-8-9-5-4-6-12-10(9)11(13)14/h4-6H,2-3,7-8H2,1H3,(H,13,14). The highest BCUT2D eigenvalue weighted by Crippen LogP contribution is 2.07. The van der Waals surface area contributed by atoms with Gasteiger partial charge in [0.1, 0.15) is 0 Å². The summed E-state index contributed by atoms with van der Waals surface area (Å²) in [6.45, 7) is 3.05. The molecule has 0 bridgehead atoms. The summed E-state index contributed by atoms with van der Waals surface area (Å²) in [5.41, 5.74) is 0.704. The second kappa shape index (κ2) is 6.14. The van der Waals surface area contributed by atoms with Gasteiger partial charge in [0.15, 0.2) is 5.69 Å². The monoisotopic (exact) mass is 209 g/mol. The first-order valence-electron chi connectivity index (χ1n) is 5.00. The third-order valence-electron chi connectivity index (χ3n) is 1.99. The van der Waals surface area contributed by atoms with Gasteiger partial charge in [0.05, 0.1) is 6.61 Å².